The number of aromatic amines is 1. The first kappa shape index (κ1) is 22.2. The molecular weight excluding hydrogens is 462 g/mol. The van der Waals surface area contributed by atoms with Crippen molar-refractivity contribution in [1.82, 2.24) is 9.88 Å². The van der Waals surface area contributed by atoms with Crippen LogP contribution in [0.1, 0.15) is 36.2 Å². The van der Waals surface area contributed by atoms with Crippen LogP contribution in [0.2, 0.25) is 0 Å². The average Bonchev–Trinajstić information content (AvgIpc) is 3.36. The molecule has 0 saturated carbocycles. The molecule has 2 N–H and O–H groups in total. The number of benzene rings is 3. The summed E-state index contributed by atoms with van der Waals surface area (Å²) in [6.07, 6.45) is 0.534. The summed E-state index contributed by atoms with van der Waals surface area (Å²) in [7, 11) is 0. The van der Waals surface area contributed by atoms with Crippen molar-refractivity contribution < 1.29 is 23.5 Å². The van der Waals surface area contributed by atoms with Crippen molar-refractivity contribution in [3.8, 4) is 11.1 Å². The fourth-order valence-corrected chi connectivity index (χ4v) is 5.51. The summed E-state index contributed by atoms with van der Waals surface area (Å²) in [5.74, 6) is -2.39. The molecule has 0 spiro atoms. The molecule has 4 aromatic rings. The molecule has 3 aromatic carbocycles. The minimum atomic E-state index is -0.727. The Morgan fingerprint density at radius 1 is 1.00 bits per heavy atom. The first-order chi connectivity index (χ1) is 17.4. The zero-order chi connectivity index (χ0) is 25.1. The van der Waals surface area contributed by atoms with Gasteiger partial charge in [-0.25, -0.2) is 8.78 Å². The molecule has 1 aromatic heterocycles. The van der Waals surface area contributed by atoms with E-state index in [0.29, 0.717) is 17.5 Å². The van der Waals surface area contributed by atoms with Crippen LogP contribution in [0, 0.1) is 11.6 Å². The molecule has 6 rings (SSSR count). The van der Waals surface area contributed by atoms with Gasteiger partial charge < -0.3 is 15.0 Å². The molecule has 5 nitrogen and oxygen atoms in total. The first-order valence-corrected chi connectivity index (χ1v) is 11.8. The van der Waals surface area contributed by atoms with E-state index >= 15 is 0 Å². The van der Waals surface area contributed by atoms with Crippen molar-refractivity contribution in [2.45, 2.75) is 31.8 Å². The topological polar surface area (TPSA) is 73.4 Å². The Labute approximate surface area is 205 Å². The molecule has 1 amide bonds. The number of halogens is 2. The molecule has 180 valence electrons. The highest BCUT2D eigenvalue weighted by Gasteiger charge is 2.52. The number of rotatable bonds is 3. The molecule has 1 fully saturated rings. The summed E-state index contributed by atoms with van der Waals surface area (Å²) < 4.78 is 27.5. The number of aliphatic hydroxyl groups is 1. The van der Waals surface area contributed by atoms with Gasteiger partial charge in [0, 0.05) is 35.5 Å². The molecule has 7 heteroatoms. The van der Waals surface area contributed by atoms with E-state index in [4.69, 9.17) is 0 Å². The third-order valence-corrected chi connectivity index (χ3v) is 7.17. The van der Waals surface area contributed by atoms with E-state index in [0.717, 1.165) is 33.8 Å². The summed E-state index contributed by atoms with van der Waals surface area (Å²) in [4.78, 5) is 31.9. The van der Waals surface area contributed by atoms with Crippen LogP contribution in [0.25, 0.3) is 22.0 Å². The van der Waals surface area contributed by atoms with Gasteiger partial charge in [0.15, 0.2) is 5.78 Å². The molecule has 3 heterocycles. The number of nitrogens with one attached hydrogen (secondary N) is 1. The maximum Gasteiger partial charge on any atom is 0.262 e. The Bertz CT molecular complexity index is 1570. The van der Waals surface area contributed by atoms with Gasteiger partial charge in [-0.15, -0.1) is 0 Å². The number of amides is 1. The van der Waals surface area contributed by atoms with Crippen molar-refractivity contribution in [1.29, 1.82) is 0 Å². The van der Waals surface area contributed by atoms with Crippen LogP contribution in [0.5, 0.6) is 0 Å². The first-order valence-electron chi connectivity index (χ1n) is 11.8. The van der Waals surface area contributed by atoms with Crippen LogP contribution in [0.3, 0.4) is 0 Å². The summed E-state index contributed by atoms with van der Waals surface area (Å²) >= 11 is 0. The minimum Gasteiger partial charge on any atom is -0.511 e. The summed E-state index contributed by atoms with van der Waals surface area (Å²) in [5, 5.41) is 11.4. The highest BCUT2D eigenvalue weighted by Crippen LogP contribution is 2.45. The number of hydrogen-bond donors (Lipinski definition) is 2. The molecule has 36 heavy (non-hydrogen) atoms. The van der Waals surface area contributed by atoms with E-state index in [9.17, 15) is 23.5 Å². The van der Waals surface area contributed by atoms with Crippen LogP contribution in [-0.4, -0.2) is 32.7 Å². The summed E-state index contributed by atoms with van der Waals surface area (Å²) in [6.45, 7) is 1.70. The number of aromatic nitrogens is 1. The fraction of sp³-hybridized carbons (Fsp3) is 0.172. The van der Waals surface area contributed by atoms with Crippen LogP contribution in [0.4, 0.5) is 8.78 Å². The van der Waals surface area contributed by atoms with Gasteiger partial charge in [-0.1, -0.05) is 49.4 Å². The van der Waals surface area contributed by atoms with Gasteiger partial charge in [0.2, 0.25) is 0 Å². The molecule has 2 atom stereocenters. The van der Waals surface area contributed by atoms with E-state index in [1.54, 1.807) is 36.1 Å². The van der Waals surface area contributed by atoms with E-state index in [1.165, 1.54) is 12.1 Å². The third kappa shape index (κ3) is 3.26. The number of para-hydroxylation sites is 1. The fourth-order valence-electron chi connectivity index (χ4n) is 5.51. The lowest BCUT2D eigenvalue weighted by Gasteiger charge is -2.37. The Balaban J connectivity index is 1.51. The Kier molecular flexibility index (Phi) is 5.03. The van der Waals surface area contributed by atoms with Crippen molar-refractivity contribution in [3.05, 3.63) is 107 Å². The quantitative estimate of drug-likeness (QED) is 0.221. The Hall–Kier alpha value is -4.26. The van der Waals surface area contributed by atoms with Gasteiger partial charge in [-0.3, -0.25) is 9.59 Å². The van der Waals surface area contributed by atoms with Gasteiger partial charge in [0.1, 0.15) is 29.0 Å². The van der Waals surface area contributed by atoms with Crippen LogP contribution < -0.4 is 0 Å². The second-order valence-corrected chi connectivity index (χ2v) is 9.22. The van der Waals surface area contributed by atoms with E-state index in [-0.39, 0.29) is 23.5 Å². The smallest absolute Gasteiger partial charge is 0.262 e. The largest absolute Gasteiger partial charge is 0.511 e. The minimum absolute atomic E-state index is 0.145. The number of H-pyrrole nitrogens is 1. The SMILES string of the molecule is CC/C(O)=C1\C(=O)[C@@H]2Cc3c([nH]c4ccccc34)[C@@H](c3ccc(-c4cc(F)cc(F)c4)cc3)N2C1=O. The van der Waals surface area contributed by atoms with Crippen LogP contribution >= 0.6 is 0 Å². The normalized spacial score (nSPS) is 20.6. The molecule has 0 unspecified atom stereocenters. The van der Waals surface area contributed by atoms with Gasteiger partial charge in [0.05, 0.1) is 6.04 Å². The lowest BCUT2D eigenvalue weighted by atomic mass is 9.88. The average molecular weight is 485 g/mol. The summed E-state index contributed by atoms with van der Waals surface area (Å²) in [6, 6.07) is 16.9. The third-order valence-electron chi connectivity index (χ3n) is 7.17. The maximum absolute atomic E-state index is 13.8. The molecule has 0 aliphatic carbocycles. The van der Waals surface area contributed by atoms with Crippen LogP contribution in [0.15, 0.2) is 78.1 Å². The number of nitrogens with zero attached hydrogens (tertiary/aromatic N) is 1. The van der Waals surface area contributed by atoms with Crippen molar-refractivity contribution in [2.75, 3.05) is 0 Å². The predicted molar refractivity (Wildman–Crippen MR) is 131 cm³/mol. The highest BCUT2D eigenvalue weighted by atomic mass is 19.1. The number of carbonyl (C=O) groups excluding carboxylic acids is 2. The Morgan fingerprint density at radius 2 is 1.69 bits per heavy atom. The zero-order valence-electron chi connectivity index (χ0n) is 19.4. The van der Waals surface area contributed by atoms with Gasteiger partial charge in [0.25, 0.3) is 5.91 Å². The summed E-state index contributed by atoms with van der Waals surface area (Å²) in [5.41, 5.74) is 4.31. The van der Waals surface area contributed by atoms with E-state index < -0.39 is 29.6 Å². The highest BCUT2D eigenvalue weighted by molar-refractivity contribution is 6.27. The van der Waals surface area contributed by atoms with Gasteiger partial charge in [-0.2, -0.15) is 0 Å². The predicted octanol–water partition coefficient (Wildman–Crippen LogP) is 5.76. The molecular formula is C29H22F2N2O3. The molecule has 0 bridgehead atoms. The molecule has 2 aliphatic rings. The lowest BCUT2D eigenvalue weighted by molar-refractivity contribution is -0.129. The van der Waals surface area contributed by atoms with Gasteiger partial charge >= 0.3 is 0 Å². The zero-order valence-corrected chi connectivity index (χ0v) is 19.4. The van der Waals surface area contributed by atoms with Gasteiger partial charge in [-0.05, 0) is 40.5 Å². The number of ketones is 1. The molecule has 0 radical (unpaired) electrons. The monoisotopic (exact) mass is 484 g/mol. The lowest BCUT2D eigenvalue weighted by Crippen LogP contribution is -2.44. The van der Waals surface area contributed by atoms with E-state index in [2.05, 4.69) is 4.98 Å². The second kappa shape index (κ2) is 8.16. The number of fused-ring (bicyclic) bond motifs is 4. The van der Waals surface area contributed by atoms with Crippen molar-refractivity contribution >= 4 is 22.6 Å². The number of hydrogen-bond acceptors (Lipinski definition) is 3. The number of allylic oxidation sites excluding steroid dienone is 1. The van der Waals surface area contributed by atoms with Crippen molar-refractivity contribution in [3.63, 3.8) is 0 Å². The second-order valence-electron chi connectivity index (χ2n) is 9.22. The molecule has 1 saturated heterocycles. The van der Waals surface area contributed by atoms with E-state index in [1.807, 2.05) is 24.3 Å². The maximum atomic E-state index is 13.8. The number of aliphatic hydroxyl groups excluding tert-OH is 1. The number of Topliss-reactive ketones (excluding diaryl/α,β-unsaturated/α-hetero) is 1. The number of carbonyl (C=O) groups is 2. The Morgan fingerprint density at radius 3 is 2.39 bits per heavy atom. The van der Waals surface area contributed by atoms with Crippen LogP contribution in [-0.2, 0) is 16.0 Å². The molecule has 2 aliphatic heterocycles. The van der Waals surface area contributed by atoms with Crippen molar-refractivity contribution in [2.24, 2.45) is 0 Å². The standard InChI is InChI=1S/C29H22F2N2O3/c1-2-24(34)25-28(35)23-14-21-20-5-3-4-6-22(20)32-26(21)27(33(23)29(25)36)16-9-7-15(8-10-16)17-11-18(30)13-19(31)12-17/h3-13,23,27,32,34H,2,14H2,1H3/b25-24-/t23-,27+/m0/s1.